The highest BCUT2D eigenvalue weighted by Crippen LogP contribution is 2.43. The summed E-state index contributed by atoms with van der Waals surface area (Å²) in [5.41, 5.74) is 5.39. The molecule has 2 aliphatic rings. The number of aromatic amines is 1. The molecule has 42 heavy (non-hydrogen) atoms. The zero-order valence-corrected chi connectivity index (χ0v) is 24.1. The summed E-state index contributed by atoms with van der Waals surface area (Å²) in [6, 6.07) is 22.9. The van der Waals surface area contributed by atoms with Crippen molar-refractivity contribution in [1.82, 2.24) is 35.2 Å². The highest BCUT2D eigenvalue weighted by Gasteiger charge is 2.45. The molecule has 2 saturated heterocycles. The molecule has 0 amide bonds. The molecule has 0 saturated carbocycles. The first-order chi connectivity index (χ1) is 20.5. The van der Waals surface area contributed by atoms with Gasteiger partial charge in [-0.1, -0.05) is 67.9 Å². The maximum absolute atomic E-state index is 14.1. The first-order valence-corrected chi connectivity index (χ1v) is 14.9. The number of hydroxylamine groups is 2. The second-order valence-electron chi connectivity index (χ2n) is 11.7. The minimum absolute atomic E-state index is 0.00146. The van der Waals surface area contributed by atoms with Crippen LogP contribution in [0.15, 0.2) is 71.5 Å². The van der Waals surface area contributed by atoms with E-state index in [1.165, 1.54) is 12.8 Å². The largest absolute Gasteiger partial charge is 0.292 e. The van der Waals surface area contributed by atoms with Gasteiger partial charge in [-0.15, -0.1) is 10.2 Å². The van der Waals surface area contributed by atoms with Crippen LogP contribution in [0, 0.1) is 0 Å². The van der Waals surface area contributed by atoms with E-state index in [1.54, 1.807) is 0 Å². The summed E-state index contributed by atoms with van der Waals surface area (Å²) in [7, 11) is 0. The summed E-state index contributed by atoms with van der Waals surface area (Å²) >= 11 is 0. The Bertz CT molecular complexity index is 1770. The average molecular weight is 562 g/mol. The Kier molecular flexibility index (Phi) is 6.91. The molecule has 9 heteroatoms. The van der Waals surface area contributed by atoms with Crippen LogP contribution in [0.4, 0.5) is 0 Å². The second kappa shape index (κ2) is 10.9. The topological polar surface area (TPSA) is 102 Å². The first-order valence-electron chi connectivity index (χ1n) is 14.9. The van der Waals surface area contributed by atoms with Gasteiger partial charge in [0.15, 0.2) is 0 Å². The summed E-state index contributed by atoms with van der Waals surface area (Å²) in [5, 5.41) is 17.4. The standard InChI is InChI=1S/C33H35N7O2/c1-3-4-11-30-34-29-17-16-24(33(2)20-25-8-7-18-40(25)42-33)19-28(29)32(41)39(30)21-22-12-14-23(15-13-22)26-9-5-6-10-27(26)31-35-37-38-36-31/h5-6,9-10,12-17,19,25H,3-4,7-8,11,18,20-21H2,1-2H3,(H,35,36,37,38)/t25-,33+/m0/s1. The highest BCUT2D eigenvalue weighted by molar-refractivity contribution is 5.80. The van der Waals surface area contributed by atoms with E-state index in [9.17, 15) is 4.79 Å². The van der Waals surface area contributed by atoms with Crippen LogP contribution < -0.4 is 5.56 Å². The molecule has 3 aromatic carbocycles. The number of aryl methyl sites for hydroxylation is 1. The minimum Gasteiger partial charge on any atom is -0.292 e. The Labute approximate surface area is 244 Å². The normalized spacial score (nSPS) is 20.4. The molecule has 4 heterocycles. The quantitative estimate of drug-likeness (QED) is 0.261. The van der Waals surface area contributed by atoms with Crippen LogP contribution in [0.2, 0.25) is 0 Å². The number of hydrogen-bond acceptors (Lipinski definition) is 7. The van der Waals surface area contributed by atoms with Gasteiger partial charge in [-0.05, 0) is 65.8 Å². The monoisotopic (exact) mass is 561 g/mol. The fraction of sp³-hybridized carbons (Fsp3) is 0.364. The molecule has 0 unspecified atom stereocenters. The number of hydrogen-bond donors (Lipinski definition) is 1. The first kappa shape index (κ1) is 26.7. The lowest BCUT2D eigenvalue weighted by atomic mass is 9.89. The Morgan fingerprint density at radius 3 is 2.67 bits per heavy atom. The summed E-state index contributed by atoms with van der Waals surface area (Å²) in [6.45, 7) is 5.74. The van der Waals surface area contributed by atoms with E-state index in [-0.39, 0.29) is 5.56 Å². The van der Waals surface area contributed by atoms with Crippen molar-refractivity contribution in [3.63, 3.8) is 0 Å². The van der Waals surface area contributed by atoms with Crippen LogP contribution in [0.1, 0.15) is 62.9 Å². The number of nitrogens with zero attached hydrogens (tertiary/aromatic N) is 6. The van der Waals surface area contributed by atoms with E-state index in [1.807, 2.05) is 34.9 Å². The van der Waals surface area contributed by atoms with Gasteiger partial charge in [0, 0.05) is 31.0 Å². The number of nitrogens with one attached hydrogen (secondary N) is 1. The molecule has 2 aromatic heterocycles. The lowest BCUT2D eigenvalue weighted by Crippen LogP contribution is -2.28. The van der Waals surface area contributed by atoms with Gasteiger partial charge in [0.1, 0.15) is 11.4 Å². The third kappa shape index (κ3) is 4.82. The van der Waals surface area contributed by atoms with E-state index in [2.05, 4.69) is 75.9 Å². The van der Waals surface area contributed by atoms with Crippen molar-refractivity contribution in [2.45, 2.75) is 70.6 Å². The zero-order chi connectivity index (χ0) is 28.7. The zero-order valence-electron chi connectivity index (χ0n) is 24.1. The smallest absolute Gasteiger partial charge is 0.261 e. The molecule has 0 radical (unpaired) electrons. The van der Waals surface area contributed by atoms with Crippen LogP contribution in [-0.2, 0) is 23.4 Å². The SMILES string of the molecule is CCCCc1nc2ccc([C@@]3(C)C[C@@H]4CCCN4O3)cc2c(=O)n1Cc1ccc(-c2ccccc2-c2nn[nH]n2)cc1. The molecular weight excluding hydrogens is 526 g/mol. The number of unbranched alkanes of at least 4 members (excludes halogenated alkanes) is 1. The third-order valence-electron chi connectivity index (χ3n) is 8.78. The molecule has 0 bridgehead atoms. The Morgan fingerprint density at radius 2 is 1.90 bits per heavy atom. The van der Waals surface area contributed by atoms with Gasteiger partial charge in [-0.3, -0.25) is 14.2 Å². The average Bonchev–Trinajstić information content (AvgIpc) is 3.76. The molecule has 9 nitrogen and oxygen atoms in total. The number of fused-ring (bicyclic) bond motifs is 2. The van der Waals surface area contributed by atoms with Crippen molar-refractivity contribution >= 4 is 10.9 Å². The van der Waals surface area contributed by atoms with Crippen molar-refractivity contribution in [2.24, 2.45) is 0 Å². The Morgan fingerprint density at radius 1 is 1.07 bits per heavy atom. The summed E-state index contributed by atoms with van der Waals surface area (Å²) < 4.78 is 1.86. The van der Waals surface area contributed by atoms with Crippen molar-refractivity contribution in [2.75, 3.05) is 6.54 Å². The van der Waals surface area contributed by atoms with Gasteiger partial charge in [0.05, 0.1) is 17.4 Å². The third-order valence-corrected chi connectivity index (χ3v) is 8.78. The fourth-order valence-electron chi connectivity index (χ4n) is 6.51. The number of aromatic nitrogens is 6. The Hall–Kier alpha value is -4.21. The lowest BCUT2D eigenvalue weighted by molar-refractivity contribution is -0.192. The van der Waals surface area contributed by atoms with Gasteiger partial charge in [0.2, 0.25) is 5.82 Å². The number of benzene rings is 3. The molecule has 2 fully saturated rings. The van der Waals surface area contributed by atoms with E-state index in [4.69, 9.17) is 9.82 Å². The predicted molar refractivity (Wildman–Crippen MR) is 162 cm³/mol. The molecule has 5 aromatic rings. The molecule has 2 aliphatic heterocycles. The maximum atomic E-state index is 14.1. The number of H-pyrrole nitrogens is 1. The van der Waals surface area contributed by atoms with Gasteiger partial charge in [-0.2, -0.15) is 10.3 Å². The van der Waals surface area contributed by atoms with E-state index in [0.29, 0.717) is 23.8 Å². The van der Waals surface area contributed by atoms with Crippen molar-refractivity contribution in [3.05, 3.63) is 94.0 Å². The van der Waals surface area contributed by atoms with Gasteiger partial charge in [-0.25, -0.2) is 4.98 Å². The van der Waals surface area contributed by atoms with Gasteiger partial charge < -0.3 is 0 Å². The van der Waals surface area contributed by atoms with E-state index >= 15 is 0 Å². The summed E-state index contributed by atoms with van der Waals surface area (Å²) in [6.07, 6.45) is 6.06. The molecule has 214 valence electrons. The molecule has 0 spiro atoms. The predicted octanol–water partition coefficient (Wildman–Crippen LogP) is 5.65. The van der Waals surface area contributed by atoms with Crippen LogP contribution in [-0.4, -0.2) is 47.8 Å². The molecule has 1 N–H and O–H groups in total. The van der Waals surface area contributed by atoms with Crippen LogP contribution in [0.3, 0.4) is 0 Å². The van der Waals surface area contributed by atoms with Crippen molar-refractivity contribution < 1.29 is 4.84 Å². The lowest BCUT2D eigenvalue weighted by Gasteiger charge is -2.25. The van der Waals surface area contributed by atoms with Gasteiger partial charge in [0.25, 0.3) is 5.56 Å². The van der Waals surface area contributed by atoms with Crippen LogP contribution >= 0.6 is 0 Å². The molecule has 0 aliphatic carbocycles. The van der Waals surface area contributed by atoms with E-state index < -0.39 is 5.60 Å². The van der Waals surface area contributed by atoms with Crippen LogP contribution in [0.25, 0.3) is 33.4 Å². The Balaban J connectivity index is 1.23. The summed E-state index contributed by atoms with van der Waals surface area (Å²) in [5.74, 6) is 1.39. The fourth-order valence-corrected chi connectivity index (χ4v) is 6.51. The molecular formula is C33H35N7O2. The number of tetrazole rings is 1. The summed E-state index contributed by atoms with van der Waals surface area (Å²) in [4.78, 5) is 25.5. The van der Waals surface area contributed by atoms with Crippen LogP contribution in [0.5, 0.6) is 0 Å². The van der Waals surface area contributed by atoms with Crippen molar-refractivity contribution in [1.29, 1.82) is 0 Å². The van der Waals surface area contributed by atoms with E-state index in [0.717, 1.165) is 71.4 Å². The molecule has 2 atom stereocenters. The van der Waals surface area contributed by atoms with Gasteiger partial charge >= 0.3 is 0 Å². The highest BCUT2D eigenvalue weighted by atomic mass is 16.7. The molecule has 7 rings (SSSR count). The minimum atomic E-state index is -0.426. The second-order valence-corrected chi connectivity index (χ2v) is 11.7. The number of rotatable bonds is 8. The van der Waals surface area contributed by atoms with Crippen molar-refractivity contribution in [3.8, 4) is 22.5 Å². The maximum Gasteiger partial charge on any atom is 0.261 e.